The maximum absolute atomic E-state index is 9.89. The fraction of sp³-hybridized carbons (Fsp3) is 0.231. The van der Waals surface area contributed by atoms with Crippen molar-refractivity contribution in [3.8, 4) is 11.5 Å². The molecule has 0 aliphatic carbocycles. The van der Waals surface area contributed by atoms with Crippen LogP contribution in [0.3, 0.4) is 0 Å². The van der Waals surface area contributed by atoms with E-state index in [0.717, 1.165) is 4.88 Å². The summed E-state index contributed by atoms with van der Waals surface area (Å²) in [6.45, 7) is 2.21. The highest BCUT2D eigenvalue weighted by molar-refractivity contribution is 7.12. The first-order valence-corrected chi connectivity index (χ1v) is 6.13. The van der Waals surface area contributed by atoms with Crippen molar-refractivity contribution >= 4 is 11.3 Å². The molecule has 2 rings (SSSR count). The molecule has 17 heavy (non-hydrogen) atoms. The number of ether oxygens (including phenoxy) is 1. The fourth-order valence-corrected chi connectivity index (χ4v) is 2.28. The van der Waals surface area contributed by atoms with E-state index in [2.05, 4.69) is 0 Å². The third-order valence-corrected chi connectivity index (χ3v) is 3.44. The number of aliphatic hydroxyl groups is 1. The van der Waals surface area contributed by atoms with Gasteiger partial charge in [0.1, 0.15) is 24.2 Å². The minimum atomic E-state index is -0.609. The Morgan fingerprint density at radius 2 is 1.88 bits per heavy atom. The SMILES string of the molecule is Cc1ccc(C(O)COc2ccc(O)cc2)s1. The van der Waals surface area contributed by atoms with Gasteiger partial charge < -0.3 is 14.9 Å². The molecule has 0 aliphatic rings. The fourth-order valence-electron chi connectivity index (χ4n) is 1.43. The first-order chi connectivity index (χ1) is 8.15. The number of phenolic OH excluding ortho intramolecular Hbond substituents is 1. The smallest absolute Gasteiger partial charge is 0.122 e. The molecule has 1 heterocycles. The molecule has 0 saturated carbocycles. The van der Waals surface area contributed by atoms with Crippen LogP contribution >= 0.6 is 11.3 Å². The molecule has 1 atom stereocenters. The van der Waals surface area contributed by atoms with Crippen LogP contribution in [0.15, 0.2) is 36.4 Å². The Kier molecular flexibility index (Phi) is 3.66. The average Bonchev–Trinajstić information content (AvgIpc) is 2.75. The van der Waals surface area contributed by atoms with Gasteiger partial charge in [-0.2, -0.15) is 0 Å². The molecule has 0 amide bonds. The number of hydrogen-bond donors (Lipinski definition) is 2. The molecule has 0 spiro atoms. The Bertz CT molecular complexity index is 476. The maximum Gasteiger partial charge on any atom is 0.122 e. The predicted octanol–water partition coefficient (Wildman–Crippen LogP) is 2.87. The van der Waals surface area contributed by atoms with E-state index in [9.17, 15) is 5.11 Å². The normalized spacial score (nSPS) is 12.4. The molecular weight excluding hydrogens is 236 g/mol. The Hall–Kier alpha value is -1.52. The second-order valence-corrected chi connectivity index (χ2v) is 5.09. The zero-order chi connectivity index (χ0) is 12.3. The molecule has 1 unspecified atom stereocenters. The largest absolute Gasteiger partial charge is 0.508 e. The number of aliphatic hydroxyl groups excluding tert-OH is 1. The van der Waals surface area contributed by atoms with Gasteiger partial charge >= 0.3 is 0 Å². The highest BCUT2D eigenvalue weighted by Crippen LogP contribution is 2.24. The number of aromatic hydroxyl groups is 1. The van der Waals surface area contributed by atoms with Crippen LogP contribution in [0.5, 0.6) is 11.5 Å². The van der Waals surface area contributed by atoms with Gasteiger partial charge in [-0.15, -0.1) is 11.3 Å². The lowest BCUT2D eigenvalue weighted by Crippen LogP contribution is -2.08. The Balaban J connectivity index is 1.92. The molecule has 2 N–H and O–H groups in total. The van der Waals surface area contributed by atoms with Crippen LogP contribution in [0, 0.1) is 6.92 Å². The third kappa shape index (κ3) is 3.22. The maximum atomic E-state index is 9.89. The zero-order valence-corrected chi connectivity index (χ0v) is 10.3. The van der Waals surface area contributed by atoms with E-state index < -0.39 is 6.10 Å². The van der Waals surface area contributed by atoms with Gasteiger partial charge in [-0.3, -0.25) is 0 Å². The molecule has 90 valence electrons. The van der Waals surface area contributed by atoms with Crippen molar-refractivity contribution in [2.24, 2.45) is 0 Å². The van der Waals surface area contributed by atoms with Gasteiger partial charge in [0.25, 0.3) is 0 Å². The van der Waals surface area contributed by atoms with Crippen LogP contribution in [0.4, 0.5) is 0 Å². The second kappa shape index (κ2) is 5.21. The summed E-state index contributed by atoms with van der Waals surface area (Å²) < 4.78 is 5.43. The summed E-state index contributed by atoms with van der Waals surface area (Å²) in [7, 11) is 0. The van der Waals surface area contributed by atoms with Gasteiger partial charge in [-0.05, 0) is 43.3 Å². The monoisotopic (exact) mass is 250 g/mol. The van der Waals surface area contributed by atoms with Crippen molar-refractivity contribution in [3.05, 3.63) is 46.2 Å². The van der Waals surface area contributed by atoms with Crippen LogP contribution in [0.1, 0.15) is 15.9 Å². The van der Waals surface area contributed by atoms with Crippen LogP contribution in [0.2, 0.25) is 0 Å². The molecule has 0 radical (unpaired) electrons. The molecular formula is C13H14O3S. The quantitative estimate of drug-likeness (QED) is 0.877. The topological polar surface area (TPSA) is 49.7 Å². The molecule has 1 aromatic carbocycles. The summed E-state index contributed by atoms with van der Waals surface area (Å²) >= 11 is 1.56. The molecule has 0 aliphatic heterocycles. The van der Waals surface area contributed by atoms with Gasteiger partial charge in [0.05, 0.1) is 0 Å². The molecule has 4 heteroatoms. The Morgan fingerprint density at radius 3 is 2.47 bits per heavy atom. The van der Waals surface area contributed by atoms with Crippen LogP contribution < -0.4 is 4.74 Å². The van der Waals surface area contributed by atoms with E-state index in [-0.39, 0.29) is 12.4 Å². The van der Waals surface area contributed by atoms with Gasteiger partial charge in [0.2, 0.25) is 0 Å². The van der Waals surface area contributed by atoms with Crippen molar-refractivity contribution in [3.63, 3.8) is 0 Å². The molecule has 2 aromatic rings. The van der Waals surface area contributed by atoms with Gasteiger partial charge in [-0.1, -0.05) is 0 Å². The van der Waals surface area contributed by atoms with E-state index in [1.54, 1.807) is 35.6 Å². The number of rotatable bonds is 4. The van der Waals surface area contributed by atoms with E-state index in [4.69, 9.17) is 9.84 Å². The van der Waals surface area contributed by atoms with Crippen molar-refractivity contribution < 1.29 is 14.9 Å². The van der Waals surface area contributed by atoms with Crippen LogP contribution in [0.25, 0.3) is 0 Å². The predicted molar refractivity (Wildman–Crippen MR) is 67.6 cm³/mol. The van der Waals surface area contributed by atoms with Crippen molar-refractivity contribution in [1.29, 1.82) is 0 Å². The number of phenols is 1. The van der Waals surface area contributed by atoms with E-state index in [1.165, 1.54) is 4.88 Å². The number of aryl methyl sites for hydroxylation is 1. The molecule has 3 nitrogen and oxygen atoms in total. The zero-order valence-electron chi connectivity index (χ0n) is 9.46. The lowest BCUT2D eigenvalue weighted by atomic mass is 10.3. The third-order valence-electron chi connectivity index (χ3n) is 2.33. The van der Waals surface area contributed by atoms with Crippen molar-refractivity contribution in [2.75, 3.05) is 6.61 Å². The van der Waals surface area contributed by atoms with Crippen molar-refractivity contribution in [1.82, 2.24) is 0 Å². The average molecular weight is 250 g/mol. The lowest BCUT2D eigenvalue weighted by molar-refractivity contribution is 0.111. The Labute approximate surface area is 104 Å². The van der Waals surface area contributed by atoms with Crippen LogP contribution in [-0.2, 0) is 0 Å². The van der Waals surface area contributed by atoms with E-state index >= 15 is 0 Å². The van der Waals surface area contributed by atoms with E-state index in [0.29, 0.717) is 5.75 Å². The lowest BCUT2D eigenvalue weighted by Gasteiger charge is -2.10. The second-order valence-electron chi connectivity index (χ2n) is 3.77. The number of hydrogen-bond acceptors (Lipinski definition) is 4. The first-order valence-electron chi connectivity index (χ1n) is 5.31. The van der Waals surface area contributed by atoms with Crippen molar-refractivity contribution in [2.45, 2.75) is 13.0 Å². The van der Waals surface area contributed by atoms with Gasteiger partial charge in [-0.25, -0.2) is 0 Å². The standard InChI is InChI=1S/C13H14O3S/c1-9-2-7-13(17-9)12(15)8-16-11-5-3-10(14)4-6-11/h2-7,12,14-15H,8H2,1H3. The van der Waals surface area contributed by atoms with Crippen LogP contribution in [-0.4, -0.2) is 16.8 Å². The minimum absolute atomic E-state index is 0.201. The molecule has 0 bridgehead atoms. The summed E-state index contributed by atoms with van der Waals surface area (Å²) in [5, 5.41) is 19.0. The first kappa shape index (κ1) is 12.0. The van der Waals surface area contributed by atoms with Gasteiger partial charge in [0, 0.05) is 9.75 Å². The molecule has 0 fully saturated rings. The summed E-state index contributed by atoms with van der Waals surface area (Å²) in [5.41, 5.74) is 0. The Morgan fingerprint density at radius 1 is 1.18 bits per heavy atom. The highest BCUT2D eigenvalue weighted by Gasteiger charge is 2.10. The highest BCUT2D eigenvalue weighted by atomic mass is 32.1. The summed E-state index contributed by atoms with van der Waals surface area (Å²) in [6, 6.07) is 10.3. The molecule has 1 aromatic heterocycles. The molecule has 0 saturated heterocycles. The van der Waals surface area contributed by atoms with E-state index in [1.807, 2.05) is 19.1 Å². The summed E-state index contributed by atoms with van der Waals surface area (Å²) in [6.07, 6.45) is -0.609. The summed E-state index contributed by atoms with van der Waals surface area (Å²) in [4.78, 5) is 2.07. The minimum Gasteiger partial charge on any atom is -0.508 e. The summed E-state index contributed by atoms with van der Waals surface area (Å²) in [5.74, 6) is 0.835. The number of benzene rings is 1. The number of thiophene rings is 1. The van der Waals surface area contributed by atoms with Gasteiger partial charge in [0.15, 0.2) is 0 Å².